The highest BCUT2D eigenvalue weighted by molar-refractivity contribution is 6.30. The predicted molar refractivity (Wildman–Crippen MR) is 91.9 cm³/mol. The average molecular weight is 357 g/mol. The molecule has 1 aliphatic rings. The van der Waals surface area contributed by atoms with Crippen molar-refractivity contribution in [1.82, 2.24) is 10.2 Å². The van der Waals surface area contributed by atoms with Gasteiger partial charge in [-0.05, 0) is 37.1 Å². The van der Waals surface area contributed by atoms with Crippen LogP contribution in [0.15, 0.2) is 24.3 Å². The van der Waals surface area contributed by atoms with E-state index in [-0.39, 0.29) is 32.0 Å². The van der Waals surface area contributed by atoms with E-state index in [0.717, 1.165) is 5.56 Å². The van der Waals surface area contributed by atoms with Gasteiger partial charge in [-0.1, -0.05) is 23.7 Å². The summed E-state index contributed by atoms with van der Waals surface area (Å²) in [4.78, 5) is 13.9. The Balaban J connectivity index is 1.85. The molecule has 0 spiro atoms. The highest BCUT2D eigenvalue weighted by atomic mass is 35.5. The number of nitrogens with one attached hydrogen (secondary N) is 1. The molecule has 0 bridgehead atoms. The van der Waals surface area contributed by atoms with Crippen molar-refractivity contribution in [2.75, 3.05) is 32.8 Å². The van der Waals surface area contributed by atoms with Gasteiger partial charge in [-0.3, -0.25) is 4.79 Å². The van der Waals surface area contributed by atoms with Gasteiger partial charge < -0.3 is 25.5 Å². The third kappa shape index (κ3) is 5.16. The number of nitrogens with zero attached hydrogens (tertiary/aromatic N) is 1. The molecule has 7 heteroatoms. The Morgan fingerprint density at radius 2 is 2.08 bits per heavy atom. The number of aliphatic hydroxyl groups is 3. The summed E-state index contributed by atoms with van der Waals surface area (Å²) in [5, 5.41) is 33.2. The monoisotopic (exact) mass is 356 g/mol. The normalized spacial score (nSPS) is 24.2. The molecule has 4 N–H and O–H groups in total. The third-order valence-electron chi connectivity index (χ3n) is 4.39. The van der Waals surface area contributed by atoms with Gasteiger partial charge in [0.15, 0.2) is 0 Å². The minimum absolute atomic E-state index is 0.0772. The Morgan fingerprint density at radius 3 is 2.71 bits per heavy atom. The molecule has 0 unspecified atom stereocenters. The molecule has 2 atom stereocenters. The number of carbonyl (C=O) groups is 1. The fraction of sp³-hybridized carbons (Fsp3) is 0.588. The molecule has 0 aromatic heterocycles. The van der Waals surface area contributed by atoms with Crippen LogP contribution in [-0.4, -0.2) is 70.6 Å². The summed E-state index contributed by atoms with van der Waals surface area (Å²) in [5.41, 5.74) is -0.377. The summed E-state index contributed by atoms with van der Waals surface area (Å²) in [6.45, 7) is 1.42. The fourth-order valence-electron chi connectivity index (χ4n) is 2.80. The van der Waals surface area contributed by atoms with Crippen LogP contribution in [0.5, 0.6) is 0 Å². The van der Waals surface area contributed by atoms with Crippen molar-refractivity contribution in [3.05, 3.63) is 34.9 Å². The van der Waals surface area contributed by atoms with Crippen LogP contribution in [0.2, 0.25) is 5.02 Å². The molecule has 1 saturated heterocycles. The second-order valence-electron chi connectivity index (χ2n) is 6.27. The van der Waals surface area contributed by atoms with Gasteiger partial charge in [0.1, 0.15) is 11.7 Å². The first-order valence-corrected chi connectivity index (χ1v) is 8.56. The molecule has 1 aromatic rings. The van der Waals surface area contributed by atoms with Gasteiger partial charge in [0.25, 0.3) is 0 Å². The van der Waals surface area contributed by atoms with Crippen molar-refractivity contribution in [1.29, 1.82) is 0 Å². The molecule has 134 valence electrons. The molecular formula is C17H25ClN2O4. The maximum absolute atomic E-state index is 12.4. The van der Waals surface area contributed by atoms with Crippen molar-refractivity contribution in [3.8, 4) is 0 Å². The van der Waals surface area contributed by atoms with Crippen molar-refractivity contribution in [3.63, 3.8) is 0 Å². The van der Waals surface area contributed by atoms with Gasteiger partial charge in [0, 0.05) is 31.3 Å². The number of amides is 1. The first-order chi connectivity index (χ1) is 11.4. The number of likely N-dealkylation sites (tertiary alicyclic amines) is 1. The van der Waals surface area contributed by atoms with Crippen molar-refractivity contribution >= 4 is 17.5 Å². The molecule has 1 amide bonds. The lowest BCUT2D eigenvalue weighted by molar-refractivity contribution is -0.148. The number of hydrogen-bond donors (Lipinski definition) is 4. The minimum Gasteiger partial charge on any atom is -0.396 e. The first kappa shape index (κ1) is 19.1. The van der Waals surface area contributed by atoms with E-state index in [4.69, 9.17) is 16.7 Å². The summed E-state index contributed by atoms with van der Waals surface area (Å²) in [7, 11) is 0. The number of carbonyl (C=O) groups excluding carboxylic acids is 1. The molecule has 1 fully saturated rings. The number of halogens is 1. The number of rotatable bonds is 7. The molecule has 1 heterocycles. The quantitative estimate of drug-likeness (QED) is 0.523. The van der Waals surface area contributed by atoms with Gasteiger partial charge in [0.2, 0.25) is 5.91 Å². The Morgan fingerprint density at radius 1 is 1.38 bits per heavy atom. The standard InChI is InChI=1S/C17H25ClN2O4/c18-14-4-2-13(3-5-14)10-16(23)20-8-6-17(24,15(22)11-20)12-19-7-1-9-21/h2-5,15,19,21-22,24H,1,6-12H2/t15-,17-/m0/s1. The molecule has 1 aromatic carbocycles. The summed E-state index contributed by atoms with van der Waals surface area (Å²) < 4.78 is 0. The molecule has 0 aliphatic carbocycles. The van der Waals surface area contributed by atoms with E-state index in [9.17, 15) is 15.0 Å². The van der Waals surface area contributed by atoms with Crippen LogP contribution in [-0.2, 0) is 11.2 Å². The van der Waals surface area contributed by atoms with Gasteiger partial charge in [-0.25, -0.2) is 0 Å². The van der Waals surface area contributed by atoms with Crippen molar-refractivity contribution in [2.45, 2.75) is 31.0 Å². The second kappa shape index (κ2) is 8.78. The lowest BCUT2D eigenvalue weighted by atomic mass is 9.88. The van der Waals surface area contributed by atoms with E-state index < -0.39 is 11.7 Å². The van der Waals surface area contributed by atoms with E-state index in [2.05, 4.69) is 5.32 Å². The van der Waals surface area contributed by atoms with Gasteiger partial charge in [0.05, 0.1) is 6.42 Å². The number of β-amino-alcohol motifs (C(OH)–C–C–N with tert-alkyl or cyclic N) is 1. The largest absolute Gasteiger partial charge is 0.396 e. The van der Waals surface area contributed by atoms with Crippen LogP contribution in [0.1, 0.15) is 18.4 Å². The van der Waals surface area contributed by atoms with E-state index in [0.29, 0.717) is 31.0 Å². The summed E-state index contributed by atoms with van der Waals surface area (Å²) >= 11 is 5.83. The highest BCUT2D eigenvalue weighted by Gasteiger charge is 2.41. The number of piperidine rings is 1. The lowest BCUT2D eigenvalue weighted by Gasteiger charge is -2.42. The topological polar surface area (TPSA) is 93.0 Å². The van der Waals surface area contributed by atoms with E-state index in [1.54, 1.807) is 17.0 Å². The Kier molecular flexibility index (Phi) is 7.01. The van der Waals surface area contributed by atoms with Gasteiger partial charge in [-0.15, -0.1) is 0 Å². The smallest absolute Gasteiger partial charge is 0.227 e. The summed E-state index contributed by atoms with van der Waals surface area (Å²) in [6, 6.07) is 7.10. The number of aliphatic hydroxyl groups excluding tert-OH is 2. The Hall–Kier alpha value is -1.18. The van der Waals surface area contributed by atoms with Crippen molar-refractivity contribution in [2.24, 2.45) is 0 Å². The van der Waals surface area contributed by atoms with E-state index in [1.165, 1.54) is 0 Å². The van der Waals surface area contributed by atoms with Crippen molar-refractivity contribution < 1.29 is 20.1 Å². The first-order valence-electron chi connectivity index (χ1n) is 8.19. The maximum atomic E-state index is 12.4. The summed E-state index contributed by atoms with van der Waals surface area (Å²) in [5.74, 6) is -0.0772. The molecule has 0 radical (unpaired) electrons. The number of hydrogen-bond acceptors (Lipinski definition) is 5. The maximum Gasteiger partial charge on any atom is 0.227 e. The number of benzene rings is 1. The molecule has 24 heavy (non-hydrogen) atoms. The lowest BCUT2D eigenvalue weighted by Crippen LogP contribution is -2.60. The average Bonchev–Trinajstić information content (AvgIpc) is 2.56. The highest BCUT2D eigenvalue weighted by Crippen LogP contribution is 2.23. The van der Waals surface area contributed by atoms with E-state index in [1.807, 2.05) is 12.1 Å². The van der Waals surface area contributed by atoms with Crippen LogP contribution >= 0.6 is 11.6 Å². The zero-order chi connectivity index (χ0) is 17.6. The van der Waals surface area contributed by atoms with Gasteiger partial charge in [-0.2, -0.15) is 0 Å². The minimum atomic E-state index is -1.24. The van der Waals surface area contributed by atoms with Crippen LogP contribution in [0.4, 0.5) is 0 Å². The van der Waals surface area contributed by atoms with E-state index >= 15 is 0 Å². The molecule has 2 rings (SSSR count). The Bertz CT molecular complexity index is 540. The fourth-order valence-corrected chi connectivity index (χ4v) is 2.92. The van der Waals surface area contributed by atoms with Crippen LogP contribution < -0.4 is 5.32 Å². The van der Waals surface area contributed by atoms with Crippen LogP contribution in [0.25, 0.3) is 0 Å². The van der Waals surface area contributed by atoms with Gasteiger partial charge >= 0.3 is 0 Å². The molecular weight excluding hydrogens is 332 g/mol. The van der Waals surface area contributed by atoms with Crippen LogP contribution in [0.3, 0.4) is 0 Å². The predicted octanol–water partition coefficient (Wildman–Crippen LogP) is 0.179. The third-order valence-corrected chi connectivity index (χ3v) is 4.64. The SMILES string of the molecule is O=C(Cc1ccc(Cl)cc1)N1CC[C@](O)(CNCCCO)[C@@H](O)C1. The Labute approximate surface area is 147 Å². The molecule has 0 saturated carbocycles. The molecule has 1 aliphatic heterocycles. The zero-order valence-electron chi connectivity index (χ0n) is 13.6. The molecule has 6 nitrogen and oxygen atoms in total. The second-order valence-corrected chi connectivity index (χ2v) is 6.70. The summed E-state index contributed by atoms with van der Waals surface area (Å²) in [6.07, 6.45) is 0.156. The van der Waals surface area contributed by atoms with Crippen LogP contribution in [0, 0.1) is 0 Å². The zero-order valence-corrected chi connectivity index (χ0v) is 14.4.